The van der Waals surface area contributed by atoms with Crippen molar-refractivity contribution in [1.82, 2.24) is 0 Å². The number of hydrogen-bond donors (Lipinski definition) is 0. The summed E-state index contributed by atoms with van der Waals surface area (Å²) >= 11 is 0. The monoisotopic (exact) mass is 232 g/mol. The fourth-order valence-electron chi connectivity index (χ4n) is 0.876. The van der Waals surface area contributed by atoms with Crippen LogP contribution in [-0.2, 0) is 19.0 Å². The Labute approximate surface area is 98.3 Å². The van der Waals surface area contributed by atoms with E-state index in [9.17, 15) is 4.79 Å². The van der Waals surface area contributed by atoms with Crippen molar-refractivity contribution in [3.05, 3.63) is 0 Å². The Morgan fingerprint density at radius 3 is 1.94 bits per heavy atom. The van der Waals surface area contributed by atoms with Crippen LogP contribution in [0.15, 0.2) is 0 Å². The molecule has 0 bridgehead atoms. The quantitative estimate of drug-likeness (QED) is 0.474. The first-order valence-electron chi connectivity index (χ1n) is 5.81. The normalized spacial score (nSPS) is 11.5. The van der Waals surface area contributed by atoms with Crippen LogP contribution in [0.4, 0.5) is 0 Å². The fourth-order valence-corrected chi connectivity index (χ4v) is 0.876. The summed E-state index contributed by atoms with van der Waals surface area (Å²) in [6, 6.07) is 0. The molecule has 0 rings (SSSR count). The molecule has 0 radical (unpaired) electrons. The molecule has 0 aliphatic heterocycles. The average Bonchev–Trinajstić information content (AvgIpc) is 2.20. The summed E-state index contributed by atoms with van der Waals surface area (Å²) in [6.45, 7) is 10.2. The van der Waals surface area contributed by atoms with E-state index in [0.717, 1.165) is 13.0 Å². The van der Waals surface area contributed by atoms with Crippen LogP contribution in [0.1, 0.15) is 34.1 Å². The minimum absolute atomic E-state index is 0.196. The van der Waals surface area contributed by atoms with Gasteiger partial charge in [0.1, 0.15) is 6.61 Å². The van der Waals surface area contributed by atoms with Gasteiger partial charge in [0.15, 0.2) is 0 Å². The third-order valence-electron chi connectivity index (χ3n) is 1.79. The van der Waals surface area contributed by atoms with E-state index in [2.05, 4.69) is 6.92 Å². The van der Waals surface area contributed by atoms with E-state index in [1.807, 2.05) is 20.8 Å². The van der Waals surface area contributed by atoms with Gasteiger partial charge in [0.05, 0.1) is 25.2 Å². The third kappa shape index (κ3) is 8.68. The van der Waals surface area contributed by atoms with Crippen molar-refractivity contribution in [2.45, 2.75) is 34.1 Å². The lowest BCUT2D eigenvalue weighted by Crippen LogP contribution is -2.24. The zero-order valence-electron chi connectivity index (χ0n) is 10.9. The molecule has 0 aromatic heterocycles. The Morgan fingerprint density at radius 2 is 1.44 bits per heavy atom. The Balaban J connectivity index is 3.25. The molecule has 0 fully saturated rings. The second kappa shape index (κ2) is 8.53. The molecule has 4 nitrogen and oxygen atoms in total. The molecule has 0 heterocycles. The summed E-state index contributed by atoms with van der Waals surface area (Å²) in [5, 5.41) is 0. The predicted octanol–water partition coefficient (Wildman–Crippen LogP) is 2.02. The maximum Gasteiger partial charge on any atom is 0.311 e. The number of carbonyl (C=O) groups excluding carboxylic acids is 1. The van der Waals surface area contributed by atoms with Crippen molar-refractivity contribution in [3.63, 3.8) is 0 Å². The van der Waals surface area contributed by atoms with Gasteiger partial charge in [0.25, 0.3) is 0 Å². The molecule has 0 saturated heterocycles. The molecule has 0 atom stereocenters. The van der Waals surface area contributed by atoms with Crippen LogP contribution in [0.25, 0.3) is 0 Å². The zero-order valence-corrected chi connectivity index (χ0v) is 10.9. The summed E-state index contributed by atoms with van der Waals surface area (Å²) in [7, 11) is 0. The standard InChI is InChI=1S/C12H24O4/c1-5-6-14-7-8-15-9-10-16-11(13)12(2,3)4/h5-10H2,1-4H3. The van der Waals surface area contributed by atoms with Crippen molar-refractivity contribution in [1.29, 1.82) is 0 Å². The van der Waals surface area contributed by atoms with Gasteiger partial charge in [-0.3, -0.25) is 4.79 Å². The minimum atomic E-state index is -0.440. The third-order valence-corrected chi connectivity index (χ3v) is 1.79. The van der Waals surface area contributed by atoms with Crippen LogP contribution < -0.4 is 0 Å². The molecule has 96 valence electrons. The zero-order chi connectivity index (χ0) is 12.4. The summed E-state index contributed by atoms with van der Waals surface area (Å²) in [5.74, 6) is -0.196. The number of rotatable bonds is 8. The number of hydrogen-bond acceptors (Lipinski definition) is 4. The average molecular weight is 232 g/mol. The highest BCUT2D eigenvalue weighted by Gasteiger charge is 2.22. The maximum atomic E-state index is 11.3. The molecule has 0 aromatic carbocycles. The van der Waals surface area contributed by atoms with Gasteiger partial charge >= 0.3 is 5.97 Å². The van der Waals surface area contributed by atoms with Gasteiger partial charge in [-0.05, 0) is 27.2 Å². The van der Waals surface area contributed by atoms with Gasteiger partial charge < -0.3 is 14.2 Å². The number of ether oxygens (including phenoxy) is 3. The van der Waals surface area contributed by atoms with Crippen LogP contribution in [0, 0.1) is 5.41 Å². The SMILES string of the molecule is CCCOCCOCCOC(=O)C(C)(C)C. The largest absolute Gasteiger partial charge is 0.463 e. The van der Waals surface area contributed by atoms with Crippen molar-refractivity contribution in [2.75, 3.05) is 33.0 Å². The molecule has 4 heteroatoms. The lowest BCUT2D eigenvalue weighted by atomic mass is 9.97. The van der Waals surface area contributed by atoms with Crippen LogP contribution in [0.2, 0.25) is 0 Å². The number of esters is 1. The maximum absolute atomic E-state index is 11.3. The Kier molecular flexibility index (Phi) is 8.21. The number of carbonyl (C=O) groups is 1. The highest BCUT2D eigenvalue weighted by Crippen LogP contribution is 2.14. The molecule has 0 aliphatic rings. The van der Waals surface area contributed by atoms with Gasteiger partial charge in [0, 0.05) is 6.61 Å². The summed E-state index contributed by atoms with van der Waals surface area (Å²) in [6.07, 6.45) is 1.02. The highest BCUT2D eigenvalue weighted by molar-refractivity contribution is 5.75. The lowest BCUT2D eigenvalue weighted by molar-refractivity contribution is -0.154. The van der Waals surface area contributed by atoms with Crippen LogP contribution >= 0.6 is 0 Å². The van der Waals surface area contributed by atoms with Crippen LogP contribution in [-0.4, -0.2) is 39.0 Å². The van der Waals surface area contributed by atoms with E-state index in [-0.39, 0.29) is 5.97 Å². The molecule has 0 N–H and O–H groups in total. The minimum Gasteiger partial charge on any atom is -0.463 e. The van der Waals surface area contributed by atoms with Crippen LogP contribution in [0.3, 0.4) is 0 Å². The van der Waals surface area contributed by atoms with Gasteiger partial charge in [-0.25, -0.2) is 0 Å². The van der Waals surface area contributed by atoms with E-state index in [1.54, 1.807) is 0 Å². The first-order chi connectivity index (χ1) is 7.48. The van der Waals surface area contributed by atoms with E-state index in [0.29, 0.717) is 26.4 Å². The molecule has 16 heavy (non-hydrogen) atoms. The van der Waals surface area contributed by atoms with Crippen LogP contribution in [0.5, 0.6) is 0 Å². The fraction of sp³-hybridized carbons (Fsp3) is 0.917. The van der Waals surface area contributed by atoms with Gasteiger partial charge in [-0.2, -0.15) is 0 Å². The van der Waals surface area contributed by atoms with E-state index in [4.69, 9.17) is 14.2 Å². The second-order valence-electron chi connectivity index (χ2n) is 4.61. The Hall–Kier alpha value is -0.610. The Morgan fingerprint density at radius 1 is 0.938 bits per heavy atom. The van der Waals surface area contributed by atoms with E-state index in [1.165, 1.54) is 0 Å². The second-order valence-corrected chi connectivity index (χ2v) is 4.61. The lowest BCUT2D eigenvalue weighted by Gasteiger charge is -2.16. The molecule has 0 amide bonds. The van der Waals surface area contributed by atoms with Crippen molar-refractivity contribution in [2.24, 2.45) is 5.41 Å². The molecule has 0 aliphatic carbocycles. The van der Waals surface area contributed by atoms with E-state index < -0.39 is 5.41 Å². The van der Waals surface area contributed by atoms with Crippen molar-refractivity contribution in [3.8, 4) is 0 Å². The van der Waals surface area contributed by atoms with Crippen molar-refractivity contribution >= 4 is 5.97 Å². The molecular weight excluding hydrogens is 208 g/mol. The molecule has 0 spiro atoms. The topological polar surface area (TPSA) is 44.8 Å². The molecule has 0 unspecified atom stereocenters. The smallest absolute Gasteiger partial charge is 0.311 e. The first-order valence-corrected chi connectivity index (χ1v) is 5.81. The molecular formula is C12H24O4. The first kappa shape index (κ1) is 15.4. The summed E-state index contributed by atoms with van der Waals surface area (Å²) in [4.78, 5) is 11.3. The van der Waals surface area contributed by atoms with Crippen molar-refractivity contribution < 1.29 is 19.0 Å². The Bertz CT molecular complexity index is 184. The summed E-state index contributed by atoms with van der Waals surface area (Å²) in [5.41, 5.74) is -0.440. The summed E-state index contributed by atoms with van der Waals surface area (Å²) < 4.78 is 15.5. The molecule has 0 saturated carbocycles. The van der Waals surface area contributed by atoms with E-state index >= 15 is 0 Å². The predicted molar refractivity (Wildman–Crippen MR) is 62.3 cm³/mol. The van der Waals surface area contributed by atoms with Gasteiger partial charge in [0.2, 0.25) is 0 Å². The van der Waals surface area contributed by atoms with Gasteiger partial charge in [-0.1, -0.05) is 6.92 Å². The molecule has 0 aromatic rings. The van der Waals surface area contributed by atoms with Gasteiger partial charge in [-0.15, -0.1) is 0 Å². The highest BCUT2D eigenvalue weighted by atomic mass is 16.6.